The summed E-state index contributed by atoms with van der Waals surface area (Å²) in [4.78, 5) is 16.3. The minimum atomic E-state index is -0.188. The summed E-state index contributed by atoms with van der Waals surface area (Å²) in [6.07, 6.45) is 2.43. The molecule has 0 spiro atoms. The van der Waals surface area contributed by atoms with Gasteiger partial charge in [-0.15, -0.1) is 5.10 Å². The average molecular weight is 270 g/mol. The lowest BCUT2D eigenvalue weighted by atomic mass is 10.2. The number of nitrogens with zero attached hydrogens (tertiary/aromatic N) is 3. The van der Waals surface area contributed by atoms with Crippen LogP contribution < -0.4 is 5.32 Å². The Kier molecular flexibility index (Phi) is 3.26. The van der Waals surface area contributed by atoms with Crippen molar-refractivity contribution in [1.29, 1.82) is 0 Å². The number of carbonyl (C=O) groups excluding carboxylic acids is 1. The minimum absolute atomic E-state index is 0.188. The number of aryl methyl sites for hydroxylation is 2. The molecule has 5 nitrogen and oxygen atoms in total. The van der Waals surface area contributed by atoms with Crippen molar-refractivity contribution in [1.82, 2.24) is 20.1 Å². The summed E-state index contributed by atoms with van der Waals surface area (Å²) in [5, 5.41) is 7.22. The Balaban J connectivity index is 1.83. The first-order chi connectivity index (χ1) is 9.65. The molecule has 1 heterocycles. The van der Waals surface area contributed by atoms with Crippen molar-refractivity contribution in [3.8, 4) is 5.69 Å². The largest absolute Gasteiger partial charge is 0.349 e. The second-order valence-electron chi connectivity index (χ2n) is 5.33. The standard InChI is InChI=1S/C15H18N4O/c1-10-5-3-4-6-13(10)19-11(2)17-14(18-19)15(20)16-9-12-7-8-12/h3-6,12H,7-9H2,1-2H3,(H,16,20). The molecule has 1 N–H and O–H groups in total. The highest BCUT2D eigenvalue weighted by Gasteiger charge is 2.23. The number of benzene rings is 1. The molecule has 0 aliphatic heterocycles. The van der Waals surface area contributed by atoms with Crippen molar-refractivity contribution >= 4 is 5.91 Å². The van der Waals surface area contributed by atoms with Crippen LogP contribution in [0.1, 0.15) is 34.8 Å². The Morgan fingerprint density at radius 3 is 2.80 bits per heavy atom. The van der Waals surface area contributed by atoms with Gasteiger partial charge >= 0.3 is 0 Å². The zero-order valence-corrected chi connectivity index (χ0v) is 11.8. The molecule has 1 aliphatic carbocycles. The van der Waals surface area contributed by atoms with Crippen LogP contribution in [0.4, 0.5) is 0 Å². The third kappa shape index (κ3) is 2.57. The number of hydrogen-bond acceptors (Lipinski definition) is 3. The van der Waals surface area contributed by atoms with Crippen LogP contribution in [0.5, 0.6) is 0 Å². The van der Waals surface area contributed by atoms with E-state index in [0.29, 0.717) is 5.92 Å². The van der Waals surface area contributed by atoms with E-state index in [9.17, 15) is 4.79 Å². The van der Waals surface area contributed by atoms with Crippen LogP contribution in [-0.4, -0.2) is 27.2 Å². The van der Waals surface area contributed by atoms with Gasteiger partial charge < -0.3 is 5.32 Å². The molecule has 1 aromatic carbocycles. The fraction of sp³-hybridized carbons (Fsp3) is 0.400. The van der Waals surface area contributed by atoms with Crippen LogP contribution in [0.25, 0.3) is 5.69 Å². The van der Waals surface area contributed by atoms with Crippen molar-refractivity contribution in [3.63, 3.8) is 0 Å². The Morgan fingerprint density at radius 2 is 2.10 bits per heavy atom. The van der Waals surface area contributed by atoms with E-state index in [-0.39, 0.29) is 11.7 Å². The normalized spacial score (nSPS) is 14.3. The van der Waals surface area contributed by atoms with Gasteiger partial charge in [0, 0.05) is 6.54 Å². The maximum Gasteiger partial charge on any atom is 0.290 e. The Labute approximate surface area is 118 Å². The number of carbonyl (C=O) groups is 1. The van der Waals surface area contributed by atoms with Crippen LogP contribution in [0, 0.1) is 19.8 Å². The number of nitrogens with one attached hydrogen (secondary N) is 1. The molecule has 1 aliphatic rings. The van der Waals surface area contributed by atoms with Gasteiger partial charge in [-0.3, -0.25) is 4.79 Å². The maximum absolute atomic E-state index is 12.0. The molecule has 5 heteroatoms. The Morgan fingerprint density at radius 1 is 1.35 bits per heavy atom. The van der Waals surface area contributed by atoms with Crippen LogP contribution in [0.2, 0.25) is 0 Å². The molecular formula is C15H18N4O. The molecule has 0 radical (unpaired) electrons. The zero-order chi connectivity index (χ0) is 14.1. The highest BCUT2D eigenvalue weighted by Crippen LogP contribution is 2.27. The van der Waals surface area contributed by atoms with Crippen LogP contribution in [0.3, 0.4) is 0 Å². The molecule has 0 bridgehead atoms. The van der Waals surface area contributed by atoms with E-state index in [1.54, 1.807) is 4.68 Å². The van der Waals surface area contributed by atoms with E-state index in [1.165, 1.54) is 12.8 Å². The molecule has 1 aromatic heterocycles. The Bertz CT molecular complexity index is 643. The van der Waals surface area contributed by atoms with Crippen molar-refractivity contribution in [2.45, 2.75) is 26.7 Å². The van der Waals surface area contributed by atoms with Gasteiger partial charge in [-0.25, -0.2) is 9.67 Å². The zero-order valence-electron chi connectivity index (χ0n) is 11.8. The monoisotopic (exact) mass is 270 g/mol. The van der Waals surface area contributed by atoms with Crippen molar-refractivity contribution in [3.05, 3.63) is 41.5 Å². The molecule has 2 aromatic rings. The molecule has 1 saturated carbocycles. The highest BCUT2D eigenvalue weighted by atomic mass is 16.2. The maximum atomic E-state index is 12.0. The molecule has 0 unspecified atom stereocenters. The molecule has 1 fully saturated rings. The summed E-state index contributed by atoms with van der Waals surface area (Å²) in [5.41, 5.74) is 2.06. The number of rotatable bonds is 4. The van der Waals surface area contributed by atoms with E-state index < -0.39 is 0 Å². The van der Waals surface area contributed by atoms with Gasteiger partial charge in [-0.1, -0.05) is 18.2 Å². The van der Waals surface area contributed by atoms with Crippen molar-refractivity contribution in [2.75, 3.05) is 6.54 Å². The van der Waals surface area contributed by atoms with E-state index in [1.807, 2.05) is 38.1 Å². The first-order valence-corrected chi connectivity index (χ1v) is 6.93. The number of amides is 1. The van der Waals surface area contributed by atoms with Crippen molar-refractivity contribution < 1.29 is 4.79 Å². The van der Waals surface area contributed by atoms with E-state index in [0.717, 1.165) is 23.6 Å². The second kappa shape index (κ2) is 5.07. The summed E-state index contributed by atoms with van der Waals surface area (Å²) in [7, 11) is 0. The van der Waals surface area contributed by atoms with Crippen LogP contribution in [-0.2, 0) is 0 Å². The first kappa shape index (κ1) is 12.8. The lowest BCUT2D eigenvalue weighted by Gasteiger charge is -2.05. The molecule has 1 amide bonds. The van der Waals surface area contributed by atoms with Gasteiger partial charge in [-0.2, -0.15) is 0 Å². The lowest BCUT2D eigenvalue weighted by Crippen LogP contribution is -2.26. The smallest absolute Gasteiger partial charge is 0.290 e. The summed E-state index contributed by atoms with van der Waals surface area (Å²) in [6, 6.07) is 7.93. The predicted molar refractivity (Wildman–Crippen MR) is 75.9 cm³/mol. The molecular weight excluding hydrogens is 252 g/mol. The fourth-order valence-electron chi connectivity index (χ4n) is 2.15. The summed E-state index contributed by atoms with van der Waals surface area (Å²) < 4.78 is 1.72. The SMILES string of the molecule is Cc1ccccc1-n1nc(C(=O)NCC2CC2)nc1C. The van der Waals surface area contributed by atoms with Crippen LogP contribution in [0.15, 0.2) is 24.3 Å². The topological polar surface area (TPSA) is 59.8 Å². The van der Waals surface area contributed by atoms with E-state index in [2.05, 4.69) is 15.4 Å². The van der Waals surface area contributed by atoms with Gasteiger partial charge in [0.1, 0.15) is 5.82 Å². The fourth-order valence-corrected chi connectivity index (χ4v) is 2.15. The minimum Gasteiger partial charge on any atom is -0.349 e. The second-order valence-corrected chi connectivity index (χ2v) is 5.33. The highest BCUT2D eigenvalue weighted by molar-refractivity contribution is 5.90. The van der Waals surface area contributed by atoms with Gasteiger partial charge in [0.15, 0.2) is 0 Å². The average Bonchev–Trinajstić information content (AvgIpc) is 3.19. The Hall–Kier alpha value is -2.17. The summed E-state index contributed by atoms with van der Waals surface area (Å²) in [6.45, 7) is 4.61. The summed E-state index contributed by atoms with van der Waals surface area (Å²) in [5.74, 6) is 1.42. The number of hydrogen-bond donors (Lipinski definition) is 1. The van der Waals surface area contributed by atoms with Gasteiger partial charge in [0.05, 0.1) is 5.69 Å². The molecule has 0 saturated heterocycles. The number of aromatic nitrogens is 3. The third-order valence-electron chi connectivity index (χ3n) is 3.56. The third-order valence-corrected chi connectivity index (χ3v) is 3.56. The van der Waals surface area contributed by atoms with Crippen LogP contribution >= 0.6 is 0 Å². The first-order valence-electron chi connectivity index (χ1n) is 6.93. The molecule has 104 valence electrons. The summed E-state index contributed by atoms with van der Waals surface area (Å²) >= 11 is 0. The molecule has 20 heavy (non-hydrogen) atoms. The lowest BCUT2D eigenvalue weighted by molar-refractivity contribution is 0.0941. The number of para-hydroxylation sites is 1. The molecule has 0 atom stereocenters. The van der Waals surface area contributed by atoms with Gasteiger partial charge in [0.2, 0.25) is 5.82 Å². The van der Waals surface area contributed by atoms with Gasteiger partial charge in [0.25, 0.3) is 5.91 Å². The molecule has 3 rings (SSSR count). The van der Waals surface area contributed by atoms with Crippen molar-refractivity contribution in [2.24, 2.45) is 5.92 Å². The van der Waals surface area contributed by atoms with E-state index in [4.69, 9.17) is 0 Å². The van der Waals surface area contributed by atoms with E-state index >= 15 is 0 Å². The quantitative estimate of drug-likeness (QED) is 0.924. The van der Waals surface area contributed by atoms with Gasteiger partial charge in [-0.05, 0) is 44.2 Å². The predicted octanol–water partition coefficient (Wildman–Crippen LogP) is 2.02.